The molecule has 1 heterocycles. The van der Waals surface area contributed by atoms with Crippen LogP contribution in [0.4, 0.5) is 11.4 Å². The first kappa shape index (κ1) is 20.6. The molecule has 0 unspecified atom stereocenters. The molecular weight excluding hydrogens is 400 g/mol. The summed E-state index contributed by atoms with van der Waals surface area (Å²) in [5.41, 5.74) is 2.63. The van der Waals surface area contributed by atoms with Gasteiger partial charge in [0, 0.05) is 42.6 Å². The van der Waals surface area contributed by atoms with Gasteiger partial charge in [-0.05, 0) is 55.0 Å². The average molecular weight is 423 g/mol. The summed E-state index contributed by atoms with van der Waals surface area (Å²) >= 11 is 5.94. The summed E-state index contributed by atoms with van der Waals surface area (Å²) in [5, 5.41) is 8.70. The number of benzene rings is 2. The molecule has 0 bridgehead atoms. The molecule has 1 amide bonds. The largest absolute Gasteiger partial charge is 0.369 e. The second-order valence-electron chi connectivity index (χ2n) is 6.81. The Morgan fingerprint density at radius 2 is 1.75 bits per heavy atom. The van der Waals surface area contributed by atoms with E-state index in [4.69, 9.17) is 16.7 Å². The fourth-order valence-corrected chi connectivity index (χ4v) is 3.91. The molecule has 0 aliphatic carbocycles. The number of nitrogens with zero attached hydrogens (tertiary/aromatic N) is 2. The lowest BCUT2D eigenvalue weighted by molar-refractivity contribution is -0.117. The molecule has 150 valence electrons. The number of halogens is 1. The van der Waals surface area contributed by atoms with Crippen molar-refractivity contribution >= 4 is 38.9 Å². The van der Waals surface area contributed by atoms with Crippen LogP contribution in [0.5, 0.6) is 0 Å². The van der Waals surface area contributed by atoms with Crippen molar-refractivity contribution in [3.63, 3.8) is 0 Å². The molecular formula is C19H23ClN4O3S. The van der Waals surface area contributed by atoms with Crippen molar-refractivity contribution in [2.75, 3.05) is 42.9 Å². The molecule has 3 N–H and O–H groups in total. The number of nitrogens with one attached hydrogen (secondary N) is 1. The van der Waals surface area contributed by atoms with Crippen LogP contribution in [-0.4, -0.2) is 51.9 Å². The monoisotopic (exact) mass is 422 g/mol. The van der Waals surface area contributed by atoms with Crippen LogP contribution in [0.15, 0.2) is 47.4 Å². The van der Waals surface area contributed by atoms with Gasteiger partial charge in [-0.1, -0.05) is 11.6 Å². The summed E-state index contributed by atoms with van der Waals surface area (Å²) in [6, 6.07) is 11.9. The number of piperazine rings is 1. The van der Waals surface area contributed by atoms with Gasteiger partial charge in [0.15, 0.2) is 0 Å². The molecule has 1 fully saturated rings. The summed E-state index contributed by atoms with van der Waals surface area (Å²) < 4.78 is 22.7. The van der Waals surface area contributed by atoms with Gasteiger partial charge in [-0.15, -0.1) is 0 Å². The highest BCUT2D eigenvalue weighted by Crippen LogP contribution is 2.21. The Kier molecular flexibility index (Phi) is 6.24. The zero-order chi connectivity index (χ0) is 20.3. The van der Waals surface area contributed by atoms with Gasteiger partial charge in [0.05, 0.1) is 11.4 Å². The smallest absolute Gasteiger partial charge is 0.238 e. The van der Waals surface area contributed by atoms with E-state index < -0.39 is 10.0 Å². The number of amides is 1. The van der Waals surface area contributed by atoms with E-state index in [0.29, 0.717) is 11.6 Å². The number of nitrogens with two attached hydrogens (primary N) is 1. The number of rotatable bonds is 5. The van der Waals surface area contributed by atoms with Crippen LogP contribution in [0.3, 0.4) is 0 Å². The highest BCUT2D eigenvalue weighted by molar-refractivity contribution is 7.89. The van der Waals surface area contributed by atoms with E-state index in [9.17, 15) is 13.2 Å². The van der Waals surface area contributed by atoms with Crippen molar-refractivity contribution < 1.29 is 13.2 Å². The molecule has 0 aromatic heterocycles. The zero-order valence-electron chi connectivity index (χ0n) is 15.6. The number of hydrogen-bond acceptors (Lipinski definition) is 5. The van der Waals surface area contributed by atoms with Crippen LogP contribution in [0.2, 0.25) is 5.02 Å². The summed E-state index contributed by atoms with van der Waals surface area (Å²) in [5.74, 6) is -0.0589. The molecule has 1 saturated heterocycles. The highest BCUT2D eigenvalue weighted by atomic mass is 35.5. The SMILES string of the molecule is Cc1cc(Cl)ccc1NC(=O)CN1CCN(c2ccc(S(N)(=O)=O)cc2)CC1. The van der Waals surface area contributed by atoms with E-state index in [1.165, 1.54) is 12.1 Å². The van der Waals surface area contributed by atoms with Crippen molar-refractivity contribution in [2.24, 2.45) is 5.14 Å². The quantitative estimate of drug-likeness (QED) is 0.768. The topological polar surface area (TPSA) is 95.7 Å². The standard InChI is InChI=1S/C19H23ClN4O3S/c1-14-12-15(20)2-7-18(14)22-19(25)13-23-8-10-24(11-9-23)16-3-5-17(6-4-16)28(21,26)27/h2-7,12H,8-11,13H2,1H3,(H,22,25)(H2,21,26,27). The molecule has 1 aliphatic heterocycles. The molecule has 0 spiro atoms. The molecule has 3 rings (SSSR count). The van der Waals surface area contributed by atoms with Crippen LogP contribution in [0.1, 0.15) is 5.56 Å². The number of aryl methyl sites for hydroxylation is 1. The van der Waals surface area contributed by atoms with Crippen molar-refractivity contribution in [1.82, 2.24) is 4.90 Å². The van der Waals surface area contributed by atoms with Crippen LogP contribution in [0, 0.1) is 6.92 Å². The number of carbonyl (C=O) groups is 1. The molecule has 0 radical (unpaired) electrons. The third-order valence-electron chi connectivity index (χ3n) is 4.73. The Morgan fingerprint density at radius 1 is 1.11 bits per heavy atom. The fourth-order valence-electron chi connectivity index (χ4n) is 3.17. The first-order chi connectivity index (χ1) is 13.2. The van der Waals surface area contributed by atoms with E-state index in [-0.39, 0.29) is 10.8 Å². The van der Waals surface area contributed by atoms with E-state index in [1.54, 1.807) is 24.3 Å². The summed E-state index contributed by atoms with van der Waals surface area (Å²) in [6.07, 6.45) is 0. The Balaban J connectivity index is 1.51. The minimum atomic E-state index is -3.68. The Labute approximate surface area is 170 Å². The number of sulfonamides is 1. The second kappa shape index (κ2) is 8.48. The minimum Gasteiger partial charge on any atom is -0.369 e. The summed E-state index contributed by atoms with van der Waals surface area (Å²) in [4.78, 5) is 16.7. The van der Waals surface area contributed by atoms with Gasteiger partial charge < -0.3 is 10.2 Å². The normalized spacial score (nSPS) is 15.5. The van der Waals surface area contributed by atoms with Crippen LogP contribution in [0.25, 0.3) is 0 Å². The van der Waals surface area contributed by atoms with Gasteiger partial charge in [0.2, 0.25) is 15.9 Å². The fraction of sp³-hybridized carbons (Fsp3) is 0.316. The predicted molar refractivity (Wildman–Crippen MR) is 111 cm³/mol. The third kappa shape index (κ3) is 5.23. The molecule has 0 atom stereocenters. The van der Waals surface area contributed by atoms with Crippen molar-refractivity contribution in [2.45, 2.75) is 11.8 Å². The summed E-state index contributed by atoms with van der Waals surface area (Å²) in [6.45, 7) is 5.21. The van der Waals surface area contributed by atoms with Gasteiger partial charge >= 0.3 is 0 Å². The molecule has 9 heteroatoms. The van der Waals surface area contributed by atoms with Gasteiger partial charge in [-0.25, -0.2) is 13.6 Å². The van der Waals surface area contributed by atoms with Crippen molar-refractivity contribution in [1.29, 1.82) is 0 Å². The maximum Gasteiger partial charge on any atom is 0.238 e. The van der Waals surface area contributed by atoms with Gasteiger partial charge in [0.1, 0.15) is 0 Å². The van der Waals surface area contributed by atoms with E-state index in [1.807, 2.05) is 13.0 Å². The highest BCUT2D eigenvalue weighted by Gasteiger charge is 2.20. The van der Waals surface area contributed by atoms with Gasteiger partial charge in [0.25, 0.3) is 0 Å². The molecule has 7 nitrogen and oxygen atoms in total. The molecule has 0 saturated carbocycles. The lowest BCUT2D eigenvalue weighted by Gasteiger charge is -2.35. The number of primary sulfonamides is 1. The number of anilines is 2. The average Bonchev–Trinajstić information content (AvgIpc) is 2.64. The minimum absolute atomic E-state index is 0.0589. The van der Waals surface area contributed by atoms with Gasteiger partial charge in [-0.2, -0.15) is 0 Å². The van der Waals surface area contributed by atoms with E-state index >= 15 is 0 Å². The first-order valence-electron chi connectivity index (χ1n) is 8.88. The Morgan fingerprint density at radius 3 is 2.32 bits per heavy atom. The zero-order valence-corrected chi connectivity index (χ0v) is 17.1. The third-order valence-corrected chi connectivity index (χ3v) is 5.90. The maximum atomic E-state index is 12.3. The van der Waals surface area contributed by atoms with Crippen LogP contribution >= 0.6 is 11.6 Å². The first-order valence-corrected chi connectivity index (χ1v) is 10.8. The molecule has 2 aromatic carbocycles. The number of hydrogen-bond donors (Lipinski definition) is 2. The number of carbonyl (C=O) groups excluding carboxylic acids is 1. The van der Waals surface area contributed by atoms with Crippen molar-refractivity contribution in [3.05, 3.63) is 53.1 Å². The van der Waals surface area contributed by atoms with Crippen LogP contribution in [-0.2, 0) is 14.8 Å². The lowest BCUT2D eigenvalue weighted by Crippen LogP contribution is -2.48. The maximum absolute atomic E-state index is 12.3. The van der Waals surface area contributed by atoms with E-state index in [0.717, 1.165) is 43.1 Å². The predicted octanol–water partition coefficient (Wildman–Crippen LogP) is 2.06. The van der Waals surface area contributed by atoms with Crippen LogP contribution < -0.4 is 15.4 Å². The van der Waals surface area contributed by atoms with Crippen molar-refractivity contribution in [3.8, 4) is 0 Å². The molecule has 28 heavy (non-hydrogen) atoms. The second-order valence-corrected chi connectivity index (χ2v) is 8.81. The lowest BCUT2D eigenvalue weighted by atomic mass is 10.2. The molecule has 1 aliphatic rings. The van der Waals surface area contributed by atoms with E-state index in [2.05, 4.69) is 15.1 Å². The Hall–Kier alpha value is -2.13. The van der Waals surface area contributed by atoms with Gasteiger partial charge in [-0.3, -0.25) is 9.69 Å². The Bertz CT molecular complexity index is 956. The summed E-state index contributed by atoms with van der Waals surface area (Å²) in [7, 11) is -3.68. The molecule has 2 aromatic rings.